The average molecular weight is 341 g/mol. The van der Waals surface area contributed by atoms with Gasteiger partial charge in [0.2, 0.25) is 5.91 Å². The van der Waals surface area contributed by atoms with Gasteiger partial charge in [0.25, 0.3) is 0 Å². The molecule has 0 unspecified atom stereocenters. The van der Waals surface area contributed by atoms with Crippen LogP contribution >= 0.6 is 23.7 Å². The fourth-order valence-electron chi connectivity index (χ4n) is 2.83. The maximum Gasteiger partial charge on any atom is 0.225 e. The molecule has 0 aromatic carbocycles. The van der Waals surface area contributed by atoms with Gasteiger partial charge in [-0.25, -0.2) is 0 Å². The van der Waals surface area contributed by atoms with E-state index in [4.69, 9.17) is 0 Å². The van der Waals surface area contributed by atoms with Crippen molar-refractivity contribution in [1.82, 2.24) is 20.4 Å². The topological polar surface area (TPSA) is 59.0 Å². The largest absolute Gasteiger partial charge is 0.355 e. The Kier molecular flexibility index (Phi) is 5.99. The summed E-state index contributed by atoms with van der Waals surface area (Å²) in [5.41, 5.74) is 2.43. The Morgan fingerprint density at radius 2 is 2.41 bits per heavy atom. The normalized spacial score (nSPS) is 20.6. The minimum atomic E-state index is -0.00308. The second-order valence-corrected chi connectivity index (χ2v) is 6.27. The van der Waals surface area contributed by atoms with Gasteiger partial charge in [-0.1, -0.05) is 0 Å². The summed E-state index contributed by atoms with van der Waals surface area (Å²) >= 11 is 1.69. The van der Waals surface area contributed by atoms with E-state index in [1.165, 1.54) is 5.56 Å². The molecule has 0 radical (unpaired) electrons. The van der Waals surface area contributed by atoms with Crippen molar-refractivity contribution < 1.29 is 4.79 Å². The zero-order valence-electron chi connectivity index (χ0n) is 12.5. The molecule has 1 amide bonds. The number of amides is 1. The van der Waals surface area contributed by atoms with Crippen LogP contribution in [0, 0.1) is 5.92 Å². The number of rotatable bonds is 5. The van der Waals surface area contributed by atoms with Crippen LogP contribution in [-0.4, -0.2) is 35.3 Å². The zero-order chi connectivity index (χ0) is 14.7. The Hall–Kier alpha value is -1.37. The second-order valence-electron chi connectivity index (χ2n) is 5.49. The van der Waals surface area contributed by atoms with Gasteiger partial charge < -0.3 is 10.6 Å². The fourth-order valence-corrected chi connectivity index (χ4v) is 3.54. The number of halogens is 1. The molecular weight excluding hydrogens is 320 g/mol. The summed E-state index contributed by atoms with van der Waals surface area (Å²) in [5.74, 6) is 0.362. The van der Waals surface area contributed by atoms with Gasteiger partial charge in [0.05, 0.1) is 12.1 Å². The fraction of sp³-hybridized carbons (Fsp3) is 0.467. The first-order chi connectivity index (χ1) is 10.2. The second kappa shape index (κ2) is 7.76. The van der Waals surface area contributed by atoms with Crippen LogP contribution in [0.4, 0.5) is 0 Å². The van der Waals surface area contributed by atoms with E-state index in [0.29, 0.717) is 6.54 Å². The number of aryl methyl sites for hydroxylation is 1. The number of carbonyl (C=O) groups is 1. The minimum absolute atomic E-state index is 0. The van der Waals surface area contributed by atoms with Gasteiger partial charge in [0.1, 0.15) is 0 Å². The van der Waals surface area contributed by atoms with E-state index in [9.17, 15) is 4.79 Å². The zero-order valence-corrected chi connectivity index (χ0v) is 14.1. The summed E-state index contributed by atoms with van der Waals surface area (Å²) in [5, 5.41) is 14.8. The molecule has 0 aliphatic carbocycles. The van der Waals surface area contributed by atoms with Gasteiger partial charge in [0, 0.05) is 38.8 Å². The summed E-state index contributed by atoms with van der Waals surface area (Å²) in [4.78, 5) is 12.4. The lowest BCUT2D eigenvalue weighted by atomic mass is 9.90. The Bertz CT molecular complexity index is 598. The third-order valence-corrected chi connectivity index (χ3v) is 4.73. The number of hydrogen-bond donors (Lipinski definition) is 2. The quantitative estimate of drug-likeness (QED) is 0.868. The summed E-state index contributed by atoms with van der Waals surface area (Å²) in [6.45, 7) is 2.28. The van der Waals surface area contributed by atoms with Crippen LogP contribution in [0.2, 0.25) is 0 Å². The Labute approximate surface area is 140 Å². The van der Waals surface area contributed by atoms with Crippen LogP contribution in [0.1, 0.15) is 17.0 Å². The number of hydrogen-bond acceptors (Lipinski definition) is 4. The molecule has 22 heavy (non-hydrogen) atoms. The molecule has 0 saturated carbocycles. The van der Waals surface area contributed by atoms with Gasteiger partial charge in [-0.2, -0.15) is 16.4 Å². The Morgan fingerprint density at radius 1 is 1.55 bits per heavy atom. The highest BCUT2D eigenvalue weighted by atomic mass is 35.5. The molecular formula is C15H21ClN4OS. The van der Waals surface area contributed by atoms with E-state index in [1.54, 1.807) is 16.0 Å². The first-order valence-electron chi connectivity index (χ1n) is 7.22. The van der Waals surface area contributed by atoms with Crippen LogP contribution in [0.5, 0.6) is 0 Å². The van der Waals surface area contributed by atoms with Crippen LogP contribution in [0.3, 0.4) is 0 Å². The number of nitrogens with zero attached hydrogens (tertiary/aromatic N) is 2. The monoisotopic (exact) mass is 340 g/mol. The van der Waals surface area contributed by atoms with Crippen molar-refractivity contribution in [3.8, 4) is 0 Å². The predicted octanol–water partition coefficient (Wildman–Crippen LogP) is 1.57. The van der Waals surface area contributed by atoms with Gasteiger partial charge >= 0.3 is 0 Å². The molecule has 7 heteroatoms. The van der Waals surface area contributed by atoms with Crippen molar-refractivity contribution >= 4 is 29.7 Å². The Morgan fingerprint density at radius 3 is 3.09 bits per heavy atom. The van der Waals surface area contributed by atoms with E-state index >= 15 is 0 Å². The number of carbonyl (C=O) groups excluding carboxylic acids is 1. The Balaban J connectivity index is 0.00000176. The molecule has 120 valence electrons. The van der Waals surface area contributed by atoms with E-state index in [2.05, 4.69) is 32.6 Å². The lowest BCUT2D eigenvalue weighted by Crippen LogP contribution is -2.35. The molecule has 0 spiro atoms. The highest BCUT2D eigenvalue weighted by molar-refractivity contribution is 7.07. The standard InChI is InChI=1S/C15H20N4OS.ClH/c1-19-9-12(6-18-19)13-7-16-8-14(13)15(20)17-4-2-11-3-5-21-10-11;/h3,5-6,9-10,13-14,16H,2,4,7-8H2,1H3,(H,17,20);1H/t13-,14+;/m1./s1. The summed E-state index contributed by atoms with van der Waals surface area (Å²) < 4.78 is 1.79. The van der Waals surface area contributed by atoms with E-state index in [1.807, 2.05) is 19.4 Å². The first kappa shape index (κ1) is 17.0. The van der Waals surface area contributed by atoms with E-state index in [-0.39, 0.29) is 30.2 Å². The third kappa shape index (κ3) is 3.88. The first-order valence-corrected chi connectivity index (χ1v) is 8.16. The van der Waals surface area contributed by atoms with Crippen LogP contribution in [0.15, 0.2) is 29.2 Å². The lowest BCUT2D eigenvalue weighted by molar-refractivity contribution is -0.124. The van der Waals surface area contributed by atoms with Gasteiger partial charge in [-0.15, -0.1) is 12.4 Å². The SMILES string of the molecule is Cl.Cn1cc([C@H]2CNC[C@@H]2C(=O)NCCc2ccsc2)cn1. The van der Waals surface area contributed by atoms with Crippen LogP contribution < -0.4 is 10.6 Å². The van der Waals surface area contributed by atoms with Crippen molar-refractivity contribution in [2.24, 2.45) is 13.0 Å². The average Bonchev–Trinajstić information content (AvgIpc) is 3.18. The maximum absolute atomic E-state index is 12.4. The summed E-state index contributed by atoms with van der Waals surface area (Å²) in [7, 11) is 1.90. The number of thiophene rings is 1. The summed E-state index contributed by atoms with van der Waals surface area (Å²) in [6, 6.07) is 2.10. The molecule has 1 aliphatic heterocycles. The molecule has 2 N–H and O–H groups in total. The molecule has 2 atom stereocenters. The maximum atomic E-state index is 12.4. The smallest absolute Gasteiger partial charge is 0.225 e. The van der Waals surface area contributed by atoms with Gasteiger partial charge in [-0.05, 0) is 34.4 Å². The molecule has 0 bridgehead atoms. The highest BCUT2D eigenvalue weighted by Gasteiger charge is 2.34. The van der Waals surface area contributed by atoms with Crippen LogP contribution in [0.25, 0.3) is 0 Å². The molecule has 1 saturated heterocycles. The van der Waals surface area contributed by atoms with E-state index in [0.717, 1.165) is 25.1 Å². The summed E-state index contributed by atoms with van der Waals surface area (Å²) in [6.07, 6.45) is 4.76. The molecule has 3 heterocycles. The molecule has 1 aliphatic rings. The molecule has 1 fully saturated rings. The van der Waals surface area contributed by atoms with Gasteiger partial charge in [0.15, 0.2) is 0 Å². The van der Waals surface area contributed by atoms with Crippen molar-refractivity contribution in [2.45, 2.75) is 12.3 Å². The predicted molar refractivity (Wildman–Crippen MR) is 90.6 cm³/mol. The molecule has 5 nitrogen and oxygen atoms in total. The minimum Gasteiger partial charge on any atom is -0.355 e. The molecule has 2 aromatic heterocycles. The van der Waals surface area contributed by atoms with E-state index < -0.39 is 0 Å². The highest BCUT2D eigenvalue weighted by Crippen LogP contribution is 2.27. The molecule has 2 aromatic rings. The molecule has 3 rings (SSSR count). The van der Waals surface area contributed by atoms with Gasteiger partial charge in [-0.3, -0.25) is 9.48 Å². The van der Waals surface area contributed by atoms with Crippen molar-refractivity contribution in [1.29, 1.82) is 0 Å². The van der Waals surface area contributed by atoms with Crippen molar-refractivity contribution in [3.05, 3.63) is 40.3 Å². The van der Waals surface area contributed by atoms with Crippen molar-refractivity contribution in [2.75, 3.05) is 19.6 Å². The van der Waals surface area contributed by atoms with Crippen molar-refractivity contribution in [3.63, 3.8) is 0 Å². The third-order valence-electron chi connectivity index (χ3n) is 4.00. The number of aromatic nitrogens is 2. The number of nitrogens with one attached hydrogen (secondary N) is 2. The van der Waals surface area contributed by atoms with Crippen LogP contribution in [-0.2, 0) is 18.3 Å². The lowest BCUT2D eigenvalue weighted by Gasteiger charge is -2.16.